The number of carbonyl (C=O) groups is 1. The van der Waals surface area contributed by atoms with Crippen molar-refractivity contribution in [2.24, 2.45) is 0 Å². The molecule has 0 aliphatic carbocycles. The number of ether oxygens (including phenoxy) is 1. The van der Waals surface area contributed by atoms with E-state index in [4.69, 9.17) is 0 Å². The van der Waals surface area contributed by atoms with E-state index < -0.39 is 11.8 Å². The first kappa shape index (κ1) is 11.2. The number of hydrogen-bond donors (Lipinski definition) is 0. The second-order valence-corrected chi connectivity index (χ2v) is 4.48. The SMILES string of the molecule is COC(=O)c1cc(F)cc(I)c1I. The molecule has 5 heteroatoms. The molecule has 0 spiro atoms. The Morgan fingerprint density at radius 1 is 1.46 bits per heavy atom. The van der Waals surface area contributed by atoms with Crippen LogP contribution in [0.15, 0.2) is 12.1 Å². The Morgan fingerprint density at radius 2 is 2.08 bits per heavy atom. The van der Waals surface area contributed by atoms with E-state index >= 15 is 0 Å². The maximum atomic E-state index is 12.9. The fourth-order valence-corrected chi connectivity index (χ4v) is 1.93. The summed E-state index contributed by atoms with van der Waals surface area (Å²) < 4.78 is 18.8. The van der Waals surface area contributed by atoms with Crippen molar-refractivity contribution in [2.75, 3.05) is 7.11 Å². The van der Waals surface area contributed by atoms with Gasteiger partial charge in [-0.1, -0.05) is 0 Å². The molecule has 1 aromatic rings. The molecule has 0 aliphatic heterocycles. The van der Waals surface area contributed by atoms with Crippen LogP contribution in [0.2, 0.25) is 0 Å². The van der Waals surface area contributed by atoms with E-state index in [1.807, 2.05) is 45.2 Å². The lowest BCUT2D eigenvalue weighted by molar-refractivity contribution is 0.0599. The number of hydrogen-bond acceptors (Lipinski definition) is 2. The Balaban J connectivity index is 3.28. The standard InChI is InChI=1S/C8H5FI2O2/c1-13-8(12)5-2-4(9)3-6(10)7(5)11/h2-3H,1H3. The first-order valence-electron chi connectivity index (χ1n) is 3.29. The van der Waals surface area contributed by atoms with E-state index in [1.165, 1.54) is 19.2 Å². The average Bonchev–Trinajstić information content (AvgIpc) is 2.10. The van der Waals surface area contributed by atoms with E-state index in [1.54, 1.807) is 0 Å². The Morgan fingerprint density at radius 3 is 2.62 bits per heavy atom. The van der Waals surface area contributed by atoms with Gasteiger partial charge in [0, 0.05) is 7.14 Å². The van der Waals surface area contributed by atoms with Gasteiger partial charge in [0.1, 0.15) is 5.82 Å². The Bertz CT molecular complexity index is 352. The van der Waals surface area contributed by atoms with E-state index in [2.05, 4.69) is 4.74 Å². The van der Waals surface area contributed by atoms with Gasteiger partial charge < -0.3 is 4.74 Å². The van der Waals surface area contributed by atoms with Gasteiger partial charge in [-0.3, -0.25) is 0 Å². The zero-order valence-corrected chi connectivity index (χ0v) is 10.9. The molecule has 0 saturated heterocycles. The van der Waals surface area contributed by atoms with Crippen LogP contribution in [0.1, 0.15) is 10.4 Å². The first-order valence-corrected chi connectivity index (χ1v) is 5.45. The van der Waals surface area contributed by atoms with Gasteiger partial charge in [0.25, 0.3) is 0 Å². The van der Waals surface area contributed by atoms with Gasteiger partial charge in [0.05, 0.1) is 12.7 Å². The van der Waals surface area contributed by atoms with E-state index in [0.717, 1.165) is 0 Å². The number of methoxy groups -OCH3 is 1. The summed E-state index contributed by atoms with van der Waals surface area (Å²) in [5.74, 6) is -0.938. The first-order chi connectivity index (χ1) is 6.06. The highest BCUT2D eigenvalue weighted by molar-refractivity contribution is 14.1. The molecular weight excluding hydrogens is 401 g/mol. The molecule has 0 atom stereocenters. The van der Waals surface area contributed by atoms with Crippen molar-refractivity contribution in [3.63, 3.8) is 0 Å². The minimum absolute atomic E-state index is 0.271. The average molecular weight is 406 g/mol. The summed E-state index contributed by atoms with van der Waals surface area (Å²) in [5, 5.41) is 0. The number of carbonyl (C=O) groups excluding carboxylic acids is 1. The fourth-order valence-electron chi connectivity index (χ4n) is 0.814. The van der Waals surface area contributed by atoms with Gasteiger partial charge in [-0.15, -0.1) is 0 Å². The van der Waals surface area contributed by atoms with Crippen LogP contribution >= 0.6 is 45.2 Å². The quantitative estimate of drug-likeness (QED) is 0.408. The molecule has 0 aliphatic rings. The molecule has 1 rings (SSSR count). The molecule has 0 aromatic heterocycles. The lowest BCUT2D eigenvalue weighted by Crippen LogP contribution is -2.05. The van der Waals surface area contributed by atoms with Gasteiger partial charge in [0.2, 0.25) is 0 Å². The highest BCUT2D eigenvalue weighted by Crippen LogP contribution is 2.21. The topological polar surface area (TPSA) is 26.3 Å². The second kappa shape index (κ2) is 4.54. The summed E-state index contributed by atoms with van der Waals surface area (Å²) in [6.45, 7) is 0. The number of esters is 1. The van der Waals surface area contributed by atoms with Gasteiger partial charge in [-0.05, 0) is 57.3 Å². The summed E-state index contributed by atoms with van der Waals surface area (Å²) in [7, 11) is 1.27. The van der Waals surface area contributed by atoms with E-state index in [9.17, 15) is 9.18 Å². The summed E-state index contributed by atoms with van der Waals surface area (Å²) in [5.41, 5.74) is 0.271. The highest BCUT2D eigenvalue weighted by Gasteiger charge is 2.14. The Hall–Kier alpha value is 0.0800. The van der Waals surface area contributed by atoms with Crippen LogP contribution in [0, 0.1) is 13.0 Å². The lowest BCUT2D eigenvalue weighted by atomic mass is 10.2. The maximum absolute atomic E-state index is 12.9. The van der Waals surface area contributed by atoms with Crippen LogP contribution in [0.4, 0.5) is 4.39 Å². The van der Waals surface area contributed by atoms with Crippen LogP contribution in [-0.4, -0.2) is 13.1 Å². The van der Waals surface area contributed by atoms with E-state index in [0.29, 0.717) is 7.14 Å². The second-order valence-electron chi connectivity index (χ2n) is 2.24. The molecule has 2 nitrogen and oxygen atoms in total. The molecule has 0 radical (unpaired) electrons. The molecule has 0 saturated carbocycles. The third kappa shape index (κ3) is 2.52. The van der Waals surface area contributed by atoms with Crippen LogP contribution in [0.3, 0.4) is 0 Å². The van der Waals surface area contributed by atoms with Crippen molar-refractivity contribution in [1.82, 2.24) is 0 Å². The zero-order valence-electron chi connectivity index (χ0n) is 6.61. The molecule has 0 heterocycles. The summed E-state index contributed by atoms with van der Waals surface area (Å²) >= 11 is 3.96. The molecule has 70 valence electrons. The van der Waals surface area contributed by atoms with Crippen molar-refractivity contribution in [2.45, 2.75) is 0 Å². The monoisotopic (exact) mass is 406 g/mol. The highest BCUT2D eigenvalue weighted by atomic mass is 127. The minimum atomic E-state index is -0.512. The largest absolute Gasteiger partial charge is 0.465 e. The van der Waals surface area contributed by atoms with Gasteiger partial charge in [0.15, 0.2) is 0 Å². The predicted octanol–water partition coefficient (Wildman–Crippen LogP) is 2.82. The molecule has 13 heavy (non-hydrogen) atoms. The molecule has 0 unspecified atom stereocenters. The molecule has 1 aromatic carbocycles. The summed E-state index contributed by atoms with van der Waals surface area (Å²) in [4.78, 5) is 11.1. The van der Waals surface area contributed by atoms with Crippen LogP contribution < -0.4 is 0 Å². The summed E-state index contributed by atoms with van der Waals surface area (Å²) in [6.07, 6.45) is 0. The van der Waals surface area contributed by atoms with Crippen molar-refractivity contribution in [3.8, 4) is 0 Å². The molecular formula is C8H5FI2O2. The van der Waals surface area contributed by atoms with Gasteiger partial charge >= 0.3 is 5.97 Å². The lowest BCUT2D eigenvalue weighted by Gasteiger charge is -2.04. The molecule has 0 N–H and O–H groups in total. The molecule has 0 amide bonds. The third-order valence-corrected chi connectivity index (χ3v) is 4.44. The van der Waals surface area contributed by atoms with E-state index in [-0.39, 0.29) is 5.56 Å². The minimum Gasteiger partial charge on any atom is -0.465 e. The number of halogens is 3. The predicted molar refractivity (Wildman–Crippen MR) is 63.2 cm³/mol. The van der Waals surface area contributed by atoms with Crippen LogP contribution in [0.5, 0.6) is 0 Å². The van der Waals surface area contributed by atoms with Crippen molar-refractivity contribution in [3.05, 3.63) is 30.7 Å². The fraction of sp³-hybridized carbons (Fsp3) is 0.125. The van der Waals surface area contributed by atoms with Crippen LogP contribution in [-0.2, 0) is 4.74 Å². The normalized spacial score (nSPS) is 9.85. The zero-order chi connectivity index (χ0) is 10.0. The third-order valence-electron chi connectivity index (χ3n) is 1.40. The maximum Gasteiger partial charge on any atom is 0.339 e. The molecule has 0 bridgehead atoms. The van der Waals surface area contributed by atoms with Gasteiger partial charge in [-0.2, -0.15) is 0 Å². The van der Waals surface area contributed by atoms with Crippen molar-refractivity contribution >= 4 is 51.2 Å². The number of rotatable bonds is 1. The van der Waals surface area contributed by atoms with Crippen molar-refractivity contribution in [1.29, 1.82) is 0 Å². The Labute approximate surface area is 102 Å². The number of benzene rings is 1. The van der Waals surface area contributed by atoms with Crippen molar-refractivity contribution < 1.29 is 13.9 Å². The molecule has 0 fully saturated rings. The smallest absolute Gasteiger partial charge is 0.339 e. The summed E-state index contributed by atoms with van der Waals surface area (Å²) in [6, 6.07) is 2.55. The Kier molecular flexibility index (Phi) is 3.89. The van der Waals surface area contributed by atoms with Crippen LogP contribution in [0.25, 0.3) is 0 Å². The van der Waals surface area contributed by atoms with Gasteiger partial charge in [-0.25, -0.2) is 9.18 Å².